The van der Waals surface area contributed by atoms with Crippen LogP contribution in [0.15, 0.2) is 30.5 Å². The fraction of sp³-hybridized carbons (Fsp3) is 0.480. The second-order valence-electron chi connectivity index (χ2n) is 8.83. The lowest BCUT2D eigenvalue weighted by atomic mass is 9.96. The smallest absolute Gasteiger partial charge is 0.272 e. The van der Waals surface area contributed by atoms with Crippen molar-refractivity contribution in [1.82, 2.24) is 9.88 Å². The molecule has 0 radical (unpaired) electrons. The molecule has 2 aromatic rings. The Morgan fingerprint density at radius 2 is 2.06 bits per heavy atom. The Morgan fingerprint density at radius 1 is 1.29 bits per heavy atom. The number of benzene rings is 1. The monoisotopic (exact) mass is 473 g/mol. The number of rotatable bonds is 8. The maximum absolute atomic E-state index is 13.2. The summed E-state index contributed by atoms with van der Waals surface area (Å²) >= 11 is 0. The molecular formula is C25H29F2N3O4. The third-order valence-corrected chi connectivity index (χ3v) is 6.46. The van der Waals surface area contributed by atoms with Gasteiger partial charge < -0.3 is 19.7 Å². The molecule has 1 aromatic heterocycles. The fourth-order valence-electron chi connectivity index (χ4n) is 4.49. The number of aryl methyl sites for hydroxylation is 1. The van der Waals surface area contributed by atoms with Gasteiger partial charge in [-0.05, 0) is 55.9 Å². The van der Waals surface area contributed by atoms with Crippen molar-refractivity contribution in [2.75, 3.05) is 25.1 Å². The van der Waals surface area contributed by atoms with E-state index < -0.39 is 13.0 Å². The second kappa shape index (κ2) is 10.5. The quantitative estimate of drug-likeness (QED) is 0.610. The van der Waals surface area contributed by atoms with Crippen molar-refractivity contribution >= 4 is 17.6 Å². The lowest BCUT2D eigenvalue weighted by molar-refractivity contribution is -0.117. The zero-order valence-electron chi connectivity index (χ0n) is 19.4. The van der Waals surface area contributed by atoms with Gasteiger partial charge in [-0.25, -0.2) is 13.8 Å². The molecule has 0 bridgehead atoms. The number of amides is 2. The first-order valence-electron chi connectivity index (χ1n) is 11.5. The van der Waals surface area contributed by atoms with E-state index in [2.05, 4.69) is 10.3 Å². The third kappa shape index (κ3) is 5.35. The summed E-state index contributed by atoms with van der Waals surface area (Å²) in [7, 11) is 0. The predicted octanol–water partition coefficient (Wildman–Crippen LogP) is 4.51. The van der Waals surface area contributed by atoms with Gasteiger partial charge in [0.2, 0.25) is 5.91 Å². The minimum atomic E-state index is -2.54. The molecule has 4 rings (SSSR count). The van der Waals surface area contributed by atoms with Gasteiger partial charge in [0.15, 0.2) is 0 Å². The Labute approximate surface area is 197 Å². The number of carbonyl (C=O) groups excluding carboxylic acids is 2. The van der Waals surface area contributed by atoms with E-state index in [-0.39, 0.29) is 17.9 Å². The first-order chi connectivity index (χ1) is 16.3. The van der Waals surface area contributed by atoms with Crippen LogP contribution in [0.3, 0.4) is 0 Å². The van der Waals surface area contributed by atoms with Crippen LogP contribution in [-0.4, -0.2) is 47.9 Å². The standard InChI is InChI=1S/C25H29F2N3O4/c1-15-11-18(3-4-21(15)34-14-22(26)27)16(2)30-13-20-19(25(30)32)5-8-28-24(20)29-23(31)12-17-6-9-33-10-7-17/h3-5,8,11,16-17,22H,6-7,9-10,12-14H2,1-2H3,(H,28,29,31). The zero-order chi connectivity index (χ0) is 24.2. The van der Waals surface area contributed by atoms with Crippen molar-refractivity contribution in [1.29, 1.82) is 0 Å². The Morgan fingerprint density at radius 3 is 2.76 bits per heavy atom. The van der Waals surface area contributed by atoms with Gasteiger partial charge in [-0.3, -0.25) is 9.59 Å². The van der Waals surface area contributed by atoms with E-state index in [1.165, 1.54) is 6.20 Å². The van der Waals surface area contributed by atoms with E-state index in [4.69, 9.17) is 9.47 Å². The van der Waals surface area contributed by atoms with Gasteiger partial charge in [0.25, 0.3) is 12.3 Å². The zero-order valence-corrected chi connectivity index (χ0v) is 19.4. The van der Waals surface area contributed by atoms with Gasteiger partial charge in [-0.1, -0.05) is 12.1 Å². The molecule has 1 N–H and O–H groups in total. The summed E-state index contributed by atoms with van der Waals surface area (Å²) in [5, 5.41) is 2.90. The largest absolute Gasteiger partial charge is 0.487 e. The molecule has 2 aliphatic rings. The summed E-state index contributed by atoms with van der Waals surface area (Å²) in [6.45, 7) is 4.71. The van der Waals surface area contributed by atoms with Crippen LogP contribution in [0.1, 0.15) is 59.3 Å². The molecule has 9 heteroatoms. The third-order valence-electron chi connectivity index (χ3n) is 6.46. The molecule has 1 atom stereocenters. The lowest BCUT2D eigenvalue weighted by Gasteiger charge is -2.25. The Hall–Kier alpha value is -3.07. The molecule has 1 fully saturated rings. The van der Waals surface area contributed by atoms with E-state index in [0.29, 0.717) is 54.8 Å². The van der Waals surface area contributed by atoms with E-state index in [9.17, 15) is 18.4 Å². The predicted molar refractivity (Wildman–Crippen MR) is 122 cm³/mol. The van der Waals surface area contributed by atoms with Crippen LogP contribution in [0.5, 0.6) is 5.75 Å². The van der Waals surface area contributed by atoms with Gasteiger partial charge in [-0.2, -0.15) is 0 Å². The molecule has 2 amide bonds. The maximum Gasteiger partial charge on any atom is 0.272 e. The number of pyridine rings is 1. The highest BCUT2D eigenvalue weighted by atomic mass is 19.3. The molecule has 2 aliphatic heterocycles. The molecule has 1 saturated heterocycles. The topological polar surface area (TPSA) is 80.8 Å². The van der Waals surface area contributed by atoms with Gasteiger partial charge >= 0.3 is 0 Å². The normalized spacial score (nSPS) is 17.1. The summed E-state index contributed by atoms with van der Waals surface area (Å²) in [4.78, 5) is 31.8. The van der Waals surface area contributed by atoms with E-state index in [0.717, 1.165) is 24.0 Å². The van der Waals surface area contributed by atoms with Crippen LogP contribution in [0.2, 0.25) is 0 Å². The van der Waals surface area contributed by atoms with E-state index in [1.807, 2.05) is 13.0 Å². The SMILES string of the molecule is Cc1cc(C(C)N2Cc3c(ccnc3NC(=O)CC3CCOCC3)C2=O)ccc1OCC(F)F. The number of alkyl halides is 2. The Kier molecular flexibility index (Phi) is 7.41. The highest BCUT2D eigenvalue weighted by molar-refractivity contribution is 6.01. The molecule has 1 aromatic carbocycles. The number of hydrogen-bond acceptors (Lipinski definition) is 5. The first-order valence-corrected chi connectivity index (χ1v) is 11.5. The van der Waals surface area contributed by atoms with E-state index >= 15 is 0 Å². The number of halogens is 2. The highest BCUT2D eigenvalue weighted by Gasteiger charge is 2.34. The van der Waals surface area contributed by atoms with Gasteiger partial charge in [0.05, 0.1) is 12.6 Å². The Balaban J connectivity index is 1.45. The average Bonchev–Trinajstić information content (AvgIpc) is 3.15. The Bertz CT molecular complexity index is 1060. The number of carbonyl (C=O) groups is 2. The molecular weight excluding hydrogens is 444 g/mol. The fourth-order valence-corrected chi connectivity index (χ4v) is 4.49. The molecule has 3 heterocycles. The molecule has 0 spiro atoms. The van der Waals surface area contributed by atoms with E-state index in [1.54, 1.807) is 30.0 Å². The van der Waals surface area contributed by atoms with Crippen LogP contribution in [0, 0.1) is 12.8 Å². The number of ether oxygens (including phenoxy) is 2. The van der Waals surface area contributed by atoms with Crippen molar-refractivity contribution in [2.45, 2.75) is 52.1 Å². The lowest BCUT2D eigenvalue weighted by Crippen LogP contribution is -2.27. The van der Waals surface area contributed by atoms with Crippen LogP contribution < -0.4 is 10.1 Å². The van der Waals surface area contributed by atoms with Crippen LogP contribution in [-0.2, 0) is 16.1 Å². The number of fused-ring (bicyclic) bond motifs is 1. The molecule has 7 nitrogen and oxygen atoms in total. The summed E-state index contributed by atoms with van der Waals surface area (Å²) < 4.78 is 35.4. The summed E-state index contributed by atoms with van der Waals surface area (Å²) in [5.41, 5.74) is 2.81. The summed E-state index contributed by atoms with van der Waals surface area (Å²) in [5.74, 6) is 0.859. The number of anilines is 1. The van der Waals surface area contributed by atoms with Crippen molar-refractivity contribution in [2.24, 2.45) is 5.92 Å². The molecule has 34 heavy (non-hydrogen) atoms. The van der Waals surface area contributed by atoms with Gasteiger partial charge in [-0.15, -0.1) is 0 Å². The van der Waals surface area contributed by atoms with Crippen LogP contribution in [0.4, 0.5) is 14.6 Å². The highest BCUT2D eigenvalue weighted by Crippen LogP contribution is 2.35. The van der Waals surface area contributed by atoms with Crippen molar-refractivity contribution in [3.63, 3.8) is 0 Å². The summed E-state index contributed by atoms with van der Waals surface area (Å²) in [6, 6.07) is 6.68. The minimum Gasteiger partial charge on any atom is -0.487 e. The first kappa shape index (κ1) is 24.1. The molecule has 182 valence electrons. The van der Waals surface area contributed by atoms with Crippen LogP contribution >= 0.6 is 0 Å². The second-order valence-corrected chi connectivity index (χ2v) is 8.83. The minimum absolute atomic E-state index is 0.109. The van der Waals surface area contributed by atoms with Crippen LogP contribution in [0.25, 0.3) is 0 Å². The molecule has 0 saturated carbocycles. The number of aromatic nitrogens is 1. The van der Waals surface area contributed by atoms with Gasteiger partial charge in [0.1, 0.15) is 18.2 Å². The number of hydrogen-bond donors (Lipinski definition) is 1. The van der Waals surface area contributed by atoms with Gasteiger partial charge in [0, 0.05) is 37.0 Å². The van der Waals surface area contributed by atoms with Crippen molar-refractivity contribution < 1.29 is 27.8 Å². The maximum atomic E-state index is 13.2. The van der Waals surface area contributed by atoms with Crippen molar-refractivity contribution in [3.05, 3.63) is 52.7 Å². The summed E-state index contributed by atoms with van der Waals surface area (Å²) in [6.07, 6.45) is 1.13. The number of nitrogens with zero attached hydrogens (tertiary/aromatic N) is 2. The number of nitrogens with one attached hydrogen (secondary N) is 1. The van der Waals surface area contributed by atoms with Crippen molar-refractivity contribution in [3.8, 4) is 5.75 Å². The molecule has 0 aliphatic carbocycles. The average molecular weight is 474 g/mol. The molecule has 1 unspecified atom stereocenters.